The van der Waals surface area contributed by atoms with Gasteiger partial charge in [-0.3, -0.25) is 4.79 Å². The monoisotopic (exact) mass is 404 g/mol. The summed E-state index contributed by atoms with van der Waals surface area (Å²) >= 11 is 1.53. The number of carbonyl (C=O) groups is 1. The Morgan fingerprint density at radius 3 is 2.75 bits per heavy atom. The first-order valence-electron chi connectivity index (χ1n) is 9.78. The van der Waals surface area contributed by atoms with Gasteiger partial charge in [0, 0.05) is 38.4 Å². The summed E-state index contributed by atoms with van der Waals surface area (Å²) in [5.74, 6) is 2.58. The molecule has 0 saturated carbocycles. The number of amides is 1. The Morgan fingerprint density at radius 2 is 2.04 bits per heavy atom. The second-order valence-electron chi connectivity index (χ2n) is 6.73. The Labute approximate surface area is 170 Å². The molecular weight excluding hydrogens is 376 g/mol. The van der Waals surface area contributed by atoms with Gasteiger partial charge in [-0.25, -0.2) is 9.97 Å². The number of anilines is 1. The van der Waals surface area contributed by atoms with Crippen molar-refractivity contribution < 1.29 is 13.9 Å². The maximum Gasteiger partial charge on any atom is 0.289 e. The fourth-order valence-corrected chi connectivity index (χ4v) is 3.75. The van der Waals surface area contributed by atoms with Gasteiger partial charge >= 0.3 is 0 Å². The molecule has 3 heterocycles. The number of ether oxygens (including phenoxy) is 1. The summed E-state index contributed by atoms with van der Waals surface area (Å²) in [6.45, 7) is 7.57. The van der Waals surface area contributed by atoms with Gasteiger partial charge in [0.15, 0.2) is 10.9 Å². The van der Waals surface area contributed by atoms with Gasteiger partial charge in [0.1, 0.15) is 11.6 Å². The second kappa shape index (κ2) is 9.93. The Balaban J connectivity index is 1.64. The average Bonchev–Trinajstić information content (AvgIpc) is 3.21. The lowest BCUT2D eigenvalue weighted by Gasteiger charge is -2.25. The molecule has 0 N–H and O–H groups in total. The molecule has 0 radical (unpaired) electrons. The summed E-state index contributed by atoms with van der Waals surface area (Å²) in [6.07, 6.45) is 1.93. The number of morpholine rings is 1. The number of aryl methyl sites for hydroxylation is 1. The first-order chi connectivity index (χ1) is 13.6. The number of rotatable bonds is 8. The van der Waals surface area contributed by atoms with E-state index in [0.717, 1.165) is 41.8 Å². The molecule has 1 aliphatic heterocycles. The van der Waals surface area contributed by atoms with Crippen molar-refractivity contribution in [2.75, 3.05) is 44.8 Å². The van der Waals surface area contributed by atoms with Gasteiger partial charge in [0.25, 0.3) is 5.91 Å². The number of hydrogen-bond donors (Lipinski definition) is 0. The van der Waals surface area contributed by atoms with Crippen LogP contribution in [0, 0.1) is 0 Å². The average molecular weight is 405 g/mol. The van der Waals surface area contributed by atoms with Gasteiger partial charge in [-0.1, -0.05) is 25.6 Å². The van der Waals surface area contributed by atoms with E-state index in [9.17, 15) is 4.79 Å². The zero-order valence-corrected chi connectivity index (χ0v) is 17.6. The minimum Gasteiger partial charge on any atom is -0.455 e. The minimum atomic E-state index is -0.0766. The molecule has 28 heavy (non-hydrogen) atoms. The van der Waals surface area contributed by atoms with Crippen LogP contribution in [0.15, 0.2) is 27.8 Å². The summed E-state index contributed by atoms with van der Waals surface area (Å²) < 4.78 is 11.1. The van der Waals surface area contributed by atoms with E-state index in [1.165, 1.54) is 11.8 Å². The molecule has 1 saturated heterocycles. The fraction of sp³-hybridized carbons (Fsp3) is 0.550. The Kier molecular flexibility index (Phi) is 7.33. The predicted octanol–water partition coefficient (Wildman–Crippen LogP) is 3.24. The maximum absolute atomic E-state index is 12.5. The molecule has 1 aliphatic rings. The molecule has 2 aromatic rings. The number of furan rings is 1. The van der Waals surface area contributed by atoms with E-state index in [2.05, 4.69) is 35.8 Å². The zero-order chi connectivity index (χ0) is 19.9. The highest BCUT2D eigenvalue weighted by molar-refractivity contribution is 7.98. The highest BCUT2D eigenvalue weighted by Crippen LogP contribution is 2.24. The minimum absolute atomic E-state index is 0.0766. The molecule has 3 rings (SSSR count). The maximum atomic E-state index is 12.5. The van der Waals surface area contributed by atoms with Gasteiger partial charge in [-0.2, -0.15) is 0 Å². The third kappa shape index (κ3) is 5.26. The highest BCUT2D eigenvalue weighted by atomic mass is 32.2. The van der Waals surface area contributed by atoms with E-state index in [4.69, 9.17) is 9.15 Å². The van der Waals surface area contributed by atoms with Gasteiger partial charge in [-0.15, -0.1) is 0 Å². The molecule has 0 aliphatic carbocycles. The number of aromatic nitrogens is 2. The Bertz CT molecular complexity index is 790. The third-order valence-electron chi connectivity index (χ3n) is 4.57. The zero-order valence-electron chi connectivity index (χ0n) is 16.8. The smallest absolute Gasteiger partial charge is 0.289 e. The van der Waals surface area contributed by atoms with Crippen molar-refractivity contribution in [3.05, 3.63) is 35.4 Å². The molecule has 0 spiro atoms. The topological polar surface area (TPSA) is 71.7 Å². The predicted molar refractivity (Wildman–Crippen MR) is 110 cm³/mol. The van der Waals surface area contributed by atoms with Crippen molar-refractivity contribution in [1.82, 2.24) is 14.9 Å². The number of hydrogen-bond acceptors (Lipinski definition) is 7. The fourth-order valence-electron chi connectivity index (χ4n) is 2.98. The molecule has 1 amide bonds. The van der Waals surface area contributed by atoms with E-state index >= 15 is 0 Å². The van der Waals surface area contributed by atoms with Crippen LogP contribution in [0.4, 0.5) is 5.82 Å². The Morgan fingerprint density at radius 1 is 1.25 bits per heavy atom. The van der Waals surface area contributed by atoms with Crippen LogP contribution < -0.4 is 4.90 Å². The first-order valence-corrected chi connectivity index (χ1v) is 10.8. The van der Waals surface area contributed by atoms with Crippen molar-refractivity contribution in [3.63, 3.8) is 0 Å². The van der Waals surface area contributed by atoms with Crippen molar-refractivity contribution in [2.24, 2.45) is 0 Å². The van der Waals surface area contributed by atoms with E-state index in [-0.39, 0.29) is 5.91 Å². The van der Waals surface area contributed by atoms with Crippen molar-refractivity contribution >= 4 is 23.5 Å². The number of nitrogens with zero attached hydrogens (tertiary/aromatic N) is 4. The van der Waals surface area contributed by atoms with Crippen LogP contribution in [0.3, 0.4) is 0 Å². The largest absolute Gasteiger partial charge is 0.455 e. The van der Waals surface area contributed by atoms with Gasteiger partial charge in [0.05, 0.1) is 19.0 Å². The SMILES string of the molecule is CCCN(C)c1cc(CC)nc(SCc2ccc(C(=O)N3CCOCC3)o2)n1. The molecule has 0 bridgehead atoms. The van der Waals surface area contributed by atoms with Gasteiger partial charge < -0.3 is 19.0 Å². The quantitative estimate of drug-likeness (QED) is 0.494. The summed E-state index contributed by atoms with van der Waals surface area (Å²) in [4.78, 5) is 25.7. The molecule has 0 atom stereocenters. The van der Waals surface area contributed by atoms with Crippen LogP contribution in [0.1, 0.15) is 42.3 Å². The molecule has 152 valence electrons. The van der Waals surface area contributed by atoms with E-state index in [1.807, 2.05) is 12.1 Å². The summed E-state index contributed by atoms with van der Waals surface area (Å²) in [5.41, 5.74) is 1.03. The summed E-state index contributed by atoms with van der Waals surface area (Å²) in [6, 6.07) is 5.65. The van der Waals surface area contributed by atoms with E-state index < -0.39 is 0 Å². The molecule has 1 fully saturated rings. The van der Waals surface area contributed by atoms with Crippen LogP contribution in [-0.2, 0) is 16.9 Å². The van der Waals surface area contributed by atoms with Crippen molar-refractivity contribution in [3.8, 4) is 0 Å². The normalized spacial score (nSPS) is 14.3. The van der Waals surface area contributed by atoms with Crippen LogP contribution in [0.5, 0.6) is 0 Å². The molecule has 0 unspecified atom stereocenters. The molecule has 0 aromatic carbocycles. The third-order valence-corrected chi connectivity index (χ3v) is 5.44. The lowest BCUT2D eigenvalue weighted by atomic mass is 10.3. The summed E-state index contributed by atoms with van der Waals surface area (Å²) in [5, 5.41) is 0.731. The summed E-state index contributed by atoms with van der Waals surface area (Å²) in [7, 11) is 2.05. The van der Waals surface area contributed by atoms with E-state index in [0.29, 0.717) is 37.8 Å². The lowest BCUT2D eigenvalue weighted by Crippen LogP contribution is -2.40. The lowest BCUT2D eigenvalue weighted by molar-refractivity contribution is 0.0282. The van der Waals surface area contributed by atoms with Gasteiger partial charge in [0.2, 0.25) is 0 Å². The van der Waals surface area contributed by atoms with Crippen LogP contribution in [0.2, 0.25) is 0 Å². The standard InChI is InChI=1S/C20H28N4O3S/c1-4-8-23(3)18-13-15(5-2)21-20(22-18)28-14-16-6-7-17(27-16)19(25)24-9-11-26-12-10-24/h6-7,13H,4-5,8-12,14H2,1-3H3. The van der Waals surface area contributed by atoms with Crippen LogP contribution in [0.25, 0.3) is 0 Å². The molecular formula is C20H28N4O3S. The van der Waals surface area contributed by atoms with Crippen LogP contribution in [-0.4, -0.2) is 60.7 Å². The number of carbonyl (C=O) groups excluding carboxylic acids is 1. The second-order valence-corrected chi connectivity index (χ2v) is 7.68. The first kappa shape index (κ1) is 20.7. The van der Waals surface area contributed by atoms with Crippen LogP contribution >= 0.6 is 11.8 Å². The van der Waals surface area contributed by atoms with Crippen molar-refractivity contribution in [2.45, 2.75) is 37.6 Å². The molecule has 2 aromatic heterocycles. The number of thioether (sulfide) groups is 1. The highest BCUT2D eigenvalue weighted by Gasteiger charge is 2.21. The van der Waals surface area contributed by atoms with Crippen molar-refractivity contribution in [1.29, 1.82) is 0 Å². The van der Waals surface area contributed by atoms with E-state index in [1.54, 1.807) is 11.0 Å². The van der Waals surface area contributed by atoms with Gasteiger partial charge in [-0.05, 0) is 25.0 Å². The molecule has 8 heteroatoms. The Hall–Kier alpha value is -2.06. The molecule has 7 nitrogen and oxygen atoms in total.